The van der Waals surface area contributed by atoms with Crippen LogP contribution in [0.4, 0.5) is 24.8 Å². The molecule has 1 aromatic carbocycles. The third-order valence-electron chi connectivity index (χ3n) is 7.57. The number of aromatic amines is 1. The number of carbonyl (C=O) groups is 1. The van der Waals surface area contributed by atoms with Crippen molar-refractivity contribution >= 4 is 39.8 Å². The molecule has 9 nitrogen and oxygen atoms in total. The molecule has 3 heterocycles. The van der Waals surface area contributed by atoms with E-state index in [1.54, 1.807) is 31.5 Å². The Kier molecular flexibility index (Phi) is 6.62. The Hall–Kier alpha value is -3.58. The Labute approximate surface area is 225 Å². The highest BCUT2D eigenvalue weighted by Gasteiger charge is 2.47. The van der Waals surface area contributed by atoms with E-state index >= 15 is 0 Å². The Morgan fingerprint density at radius 2 is 1.97 bits per heavy atom. The molecule has 0 radical (unpaired) electrons. The Morgan fingerprint density at radius 1 is 1.21 bits per heavy atom. The summed E-state index contributed by atoms with van der Waals surface area (Å²) in [6.45, 7) is 5.55. The molecule has 0 amide bonds. The fourth-order valence-corrected chi connectivity index (χ4v) is 6.48. The molecule has 4 N–H and O–H groups in total. The first kappa shape index (κ1) is 27.0. The maximum absolute atomic E-state index is 13.1. The molecule has 13 heteroatoms. The number of alkyl halides is 3. The molecule has 0 aliphatic heterocycles. The number of nitrogens with zero attached hydrogens (tertiary/aromatic N) is 4. The lowest BCUT2D eigenvalue weighted by atomic mass is 9.62. The van der Waals surface area contributed by atoms with E-state index in [9.17, 15) is 28.2 Å². The van der Waals surface area contributed by atoms with Gasteiger partial charge in [-0.25, -0.2) is 15.0 Å². The summed E-state index contributed by atoms with van der Waals surface area (Å²) in [5, 5.41) is 32.3. The number of rotatable bonds is 6. The number of thiazole rings is 1. The highest BCUT2D eigenvalue weighted by Crippen LogP contribution is 2.50. The molecule has 1 aliphatic rings. The van der Waals surface area contributed by atoms with Crippen molar-refractivity contribution in [1.82, 2.24) is 25.1 Å². The zero-order chi connectivity index (χ0) is 28.2. The van der Waals surface area contributed by atoms with Crippen molar-refractivity contribution in [1.29, 1.82) is 0 Å². The van der Waals surface area contributed by atoms with Gasteiger partial charge in [-0.1, -0.05) is 13.8 Å². The SMILES string of the molecule is CC1(C)C[C@@H]([C@@](C)(O)c2ncc(-c3cc(Nc4nccc(C(F)(F)F)n4)cc4cn[nH]c34)s2)CC[C@@H]1C(=O)O. The molecule has 1 saturated carbocycles. The van der Waals surface area contributed by atoms with Crippen molar-refractivity contribution in [2.24, 2.45) is 17.3 Å². The standard InChI is InChI=1S/C26H27F3N6O3S/c1-24(2)10-14(4-5-17(24)21(36)37)25(3,38)22-31-12-18(39-22)16-9-15(8-13-11-32-35-20(13)16)33-23-30-7-6-19(34-23)26(27,28)29/h6-9,11-12,14,17,38H,4-5,10H2,1-3H3,(H,32,35)(H,36,37)(H,30,33,34)/t14-,17+,25+/m0/s1. The van der Waals surface area contributed by atoms with E-state index in [4.69, 9.17) is 0 Å². The number of anilines is 2. The maximum Gasteiger partial charge on any atom is 0.433 e. The van der Waals surface area contributed by atoms with Gasteiger partial charge in [0.05, 0.1) is 22.5 Å². The van der Waals surface area contributed by atoms with Gasteiger partial charge in [-0.05, 0) is 55.7 Å². The van der Waals surface area contributed by atoms with E-state index in [-0.39, 0.29) is 11.9 Å². The first-order chi connectivity index (χ1) is 18.3. The first-order valence-electron chi connectivity index (χ1n) is 12.3. The van der Waals surface area contributed by atoms with Gasteiger partial charge in [-0.3, -0.25) is 9.89 Å². The van der Waals surface area contributed by atoms with Gasteiger partial charge < -0.3 is 15.5 Å². The molecule has 4 aromatic rings. The van der Waals surface area contributed by atoms with Crippen molar-refractivity contribution in [3.63, 3.8) is 0 Å². The number of carboxylic acid groups (broad SMARTS) is 1. The average molecular weight is 561 g/mol. The molecule has 0 saturated heterocycles. The largest absolute Gasteiger partial charge is 0.481 e. The van der Waals surface area contributed by atoms with Gasteiger partial charge in [0.1, 0.15) is 16.3 Å². The lowest BCUT2D eigenvalue weighted by Crippen LogP contribution is -2.43. The summed E-state index contributed by atoms with van der Waals surface area (Å²) in [6.07, 6.45) is 1.24. The molecule has 206 valence electrons. The molecule has 1 fully saturated rings. The van der Waals surface area contributed by atoms with Crippen molar-refractivity contribution < 1.29 is 28.2 Å². The number of hydrogen-bond donors (Lipinski definition) is 4. The van der Waals surface area contributed by atoms with Gasteiger partial charge in [-0.15, -0.1) is 11.3 Å². The van der Waals surface area contributed by atoms with Crippen LogP contribution in [0.15, 0.2) is 36.8 Å². The topological polar surface area (TPSA) is 137 Å². The zero-order valence-electron chi connectivity index (χ0n) is 21.4. The highest BCUT2D eigenvalue weighted by molar-refractivity contribution is 7.15. The number of aliphatic carboxylic acids is 1. The Balaban J connectivity index is 1.45. The fourth-order valence-electron chi connectivity index (χ4n) is 5.41. The van der Waals surface area contributed by atoms with Crippen LogP contribution in [-0.2, 0) is 16.6 Å². The molecule has 3 atom stereocenters. The summed E-state index contributed by atoms with van der Waals surface area (Å²) in [5.41, 5.74) is -0.976. The van der Waals surface area contributed by atoms with Gasteiger partial charge in [0.25, 0.3) is 0 Å². The number of nitrogens with one attached hydrogen (secondary N) is 2. The minimum Gasteiger partial charge on any atom is -0.481 e. The molecule has 0 bridgehead atoms. The van der Waals surface area contributed by atoms with Crippen LogP contribution in [0, 0.1) is 17.3 Å². The second kappa shape index (κ2) is 9.56. The lowest BCUT2D eigenvalue weighted by molar-refractivity contribution is -0.151. The summed E-state index contributed by atoms with van der Waals surface area (Å²) in [4.78, 5) is 24.4. The van der Waals surface area contributed by atoms with Crippen LogP contribution in [0.3, 0.4) is 0 Å². The highest BCUT2D eigenvalue weighted by atomic mass is 32.1. The summed E-state index contributed by atoms with van der Waals surface area (Å²) in [7, 11) is 0. The van der Waals surface area contributed by atoms with Crippen LogP contribution in [0.1, 0.15) is 50.7 Å². The van der Waals surface area contributed by atoms with Crippen LogP contribution >= 0.6 is 11.3 Å². The summed E-state index contributed by atoms with van der Waals surface area (Å²) in [5.74, 6) is -1.67. The van der Waals surface area contributed by atoms with Crippen molar-refractivity contribution in [2.75, 3.05) is 5.32 Å². The number of benzene rings is 1. The van der Waals surface area contributed by atoms with E-state index in [1.165, 1.54) is 11.3 Å². The second-order valence-electron chi connectivity index (χ2n) is 10.8. The van der Waals surface area contributed by atoms with Crippen LogP contribution in [0.25, 0.3) is 21.3 Å². The summed E-state index contributed by atoms with van der Waals surface area (Å²) >= 11 is 1.30. The minimum atomic E-state index is -4.60. The Morgan fingerprint density at radius 3 is 2.67 bits per heavy atom. The predicted octanol–water partition coefficient (Wildman–Crippen LogP) is 5.97. The number of hydrogen-bond acceptors (Lipinski definition) is 8. The molecule has 5 rings (SSSR count). The van der Waals surface area contributed by atoms with Gasteiger partial charge in [-0.2, -0.15) is 18.3 Å². The molecule has 3 aromatic heterocycles. The van der Waals surface area contributed by atoms with Crippen LogP contribution in [0.5, 0.6) is 0 Å². The normalized spacial score (nSPS) is 21.0. The second-order valence-corrected chi connectivity index (χ2v) is 11.8. The van der Waals surface area contributed by atoms with Gasteiger partial charge in [0, 0.05) is 29.0 Å². The number of H-pyrrole nitrogens is 1. The van der Waals surface area contributed by atoms with E-state index in [0.29, 0.717) is 51.3 Å². The third kappa shape index (κ3) is 5.20. The van der Waals surface area contributed by atoms with Crippen molar-refractivity contribution in [2.45, 2.75) is 51.8 Å². The van der Waals surface area contributed by atoms with Crippen molar-refractivity contribution in [3.05, 3.63) is 47.5 Å². The van der Waals surface area contributed by atoms with E-state index in [1.807, 2.05) is 13.8 Å². The average Bonchev–Trinajstić information content (AvgIpc) is 3.53. The van der Waals surface area contributed by atoms with Crippen LogP contribution < -0.4 is 5.32 Å². The smallest absolute Gasteiger partial charge is 0.433 e. The van der Waals surface area contributed by atoms with Crippen LogP contribution in [-0.4, -0.2) is 41.3 Å². The summed E-state index contributed by atoms with van der Waals surface area (Å²) < 4.78 is 39.3. The molecule has 0 spiro atoms. The Bertz CT molecular complexity index is 1530. The minimum absolute atomic E-state index is 0.180. The molecule has 39 heavy (non-hydrogen) atoms. The molecular weight excluding hydrogens is 533 g/mol. The lowest BCUT2D eigenvalue weighted by Gasteiger charge is -2.44. The van der Waals surface area contributed by atoms with Gasteiger partial charge in [0.15, 0.2) is 0 Å². The van der Waals surface area contributed by atoms with Crippen molar-refractivity contribution in [3.8, 4) is 10.4 Å². The number of aliphatic hydroxyl groups is 1. The van der Waals surface area contributed by atoms with Crippen LogP contribution in [0.2, 0.25) is 0 Å². The number of carboxylic acids is 1. The third-order valence-corrected chi connectivity index (χ3v) is 8.83. The fraction of sp³-hybridized carbons (Fsp3) is 0.423. The van der Waals surface area contributed by atoms with Gasteiger partial charge in [0.2, 0.25) is 5.95 Å². The van der Waals surface area contributed by atoms with E-state index in [0.717, 1.165) is 12.3 Å². The number of halogens is 3. The molecule has 1 aliphatic carbocycles. The quantitative estimate of drug-likeness (QED) is 0.226. The number of fused-ring (bicyclic) bond motifs is 1. The zero-order valence-corrected chi connectivity index (χ0v) is 22.2. The molecular formula is C26H27F3N6O3S. The monoisotopic (exact) mass is 560 g/mol. The predicted molar refractivity (Wildman–Crippen MR) is 139 cm³/mol. The first-order valence-corrected chi connectivity index (χ1v) is 13.1. The number of aromatic nitrogens is 5. The van der Waals surface area contributed by atoms with E-state index in [2.05, 4.69) is 30.5 Å². The summed E-state index contributed by atoms with van der Waals surface area (Å²) in [6, 6.07) is 4.25. The van der Waals surface area contributed by atoms with E-state index < -0.39 is 34.8 Å². The maximum atomic E-state index is 13.1. The van der Waals surface area contributed by atoms with Gasteiger partial charge >= 0.3 is 12.1 Å². The molecule has 0 unspecified atom stereocenters.